The molecule has 0 saturated carbocycles. The molecule has 0 fully saturated rings. The Bertz CT molecular complexity index is 2470. The third-order valence-corrected chi connectivity index (χ3v) is 8.08. The van der Waals surface area contributed by atoms with Crippen LogP contribution in [-0.4, -0.2) is 9.97 Å². The summed E-state index contributed by atoms with van der Waals surface area (Å²) in [6, 6.07) is 45.7. The quantitative estimate of drug-likeness (QED) is 0.224. The largest absolute Gasteiger partial charge is 0.455 e. The van der Waals surface area contributed by atoms with Gasteiger partial charge in [0.15, 0.2) is 11.4 Å². The summed E-state index contributed by atoms with van der Waals surface area (Å²) in [5.41, 5.74) is 9.06. The average molecular weight is 539 g/mol. The fourth-order valence-corrected chi connectivity index (χ4v) is 6.03. The summed E-state index contributed by atoms with van der Waals surface area (Å²) in [7, 11) is 0. The van der Waals surface area contributed by atoms with E-state index in [1.54, 1.807) is 0 Å². The minimum absolute atomic E-state index is 0.663. The molecule has 0 bridgehead atoms. The molecule has 0 amide bonds. The molecule has 0 N–H and O–H groups in total. The monoisotopic (exact) mass is 538 g/mol. The number of nitrogens with zero attached hydrogens (tertiary/aromatic N) is 2. The summed E-state index contributed by atoms with van der Waals surface area (Å²) in [5, 5.41) is 5.51. The molecule has 3 heterocycles. The SMILES string of the molecule is c1ccc(-c2nc(-c3cccc(-c4ccc5oc6c7ccccc7ccc6c5c4)c3)nc3c2oc2ccccc23)cc1. The molecular formula is C38H22N2O2. The van der Waals surface area contributed by atoms with Gasteiger partial charge < -0.3 is 8.83 Å². The predicted octanol–water partition coefficient (Wildman–Crippen LogP) is 10.4. The van der Waals surface area contributed by atoms with Crippen LogP contribution in [0.2, 0.25) is 0 Å². The Morgan fingerprint density at radius 1 is 0.405 bits per heavy atom. The second kappa shape index (κ2) is 8.88. The van der Waals surface area contributed by atoms with Crippen molar-refractivity contribution in [3.8, 4) is 33.8 Å². The number of rotatable bonds is 3. The van der Waals surface area contributed by atoms with E-state index >= 15 is 0 Å². The first kappa shape index (κ1) is 23.0. The van der Waals surface area contributed by atoms with Gasteiger partial charge in [-0.1, -0.05) is 97.1 Å². The lowest BCUT2D eigenvalue weighted by atomic mass is 9.99. The number of furan rings is 2. The first-order chi connectivity index (χ1) is 20.8. The maximum absolute atomic E-state index is 6.34. The van der Waals surface area contributed by atoms with Crippen molar-refractivity contribution in [2.75, 3.05) is 0 Å². The van der Waals surface area contributed by atoms with Gasteiger partial charge in [-0.2, -0.15) is 0 Å². The summed E-state index contributed by atoms with van der Waals surface area (Å²) in [6.07, 6.45) is 0. The van der Waals surface area contributed by atoms with Crippen molar-refractivity contribution >= 4 is 54.8 Å². The zero-order valence-corrected chi connectivity index (χ0v) is 22.4. The van der Waals surface area contributed by atoms with E-state index in [1.807, 2.05) is 36.4 Å². The molecule has 0 radical (unpaired) electrons. The molecule has 6 aromatic carbocycles. The highest BCUT2D eigenvalue weighted by Gasteiger charge is 2.18. The second-order valence-electron chi connectivity index (χ2n) is 10.6. The Hall–Kier alpha value is -5.74. The normalized spacial score (nSPS) is 11.8. The zero-order chi connectivity index (χ0) is 27.6. The van der Waals surface area contributed by atoms with E-state index in [4.69, 9.17) is 18.8 Å². The van der Waals surface area contributed by atoms with Crippen LogP contribution in [0.4, 0.5) is 0 Å². The van der Waals surface area contributed by atoms with Gasteiger partial charge in [0.25, 0.3) is 0 Å². The van der Waals surface area contributed by atoms with Crippen LogP contribution >= 0.6 is 0 Å². The third-order valence-electron chi connectivity index (χ3n) is 8.08. The standard InChI is InChI=1S/C38H22N2O2/c1-2-10-24(11-3-1)34-37-35(30-15-6-7-16-32(30)42-37)40-38(39-34)27-13-8-12-25(21-27)26-18-20-33-31(22-26)29-19-17-23-9-4-5-14-28(23)36(29)41-33/h1-22H. The highest BCUT2D eigenvalue weighted by Crippen LogP contribution is 2.38. The minimum Gasteiger partial charge on any atom is -0.455 e. The van der Waals surface area contributed by atoms with Crippen LogP contribution in [0.25, 0.3) is 88.6 Å². The molecule has 0 saturated heterocycles. The van der Waals surface area contributed by atoms with E-state index in [0.717, 1.165) is 71.8 Å². The second-order valence-corrected chi connectivity index (χ2v) is 10.6. The smallest absolute Gasteiger partial charge is 0.180 e. The lowest BCUT2D eigenvalue weighted by molar-refractivity contribution is 0.667. The molecule has 0 aliphatic carbocycles. The molecule has 0 atom stereocenters. The van der Waals surface area contributed by atoms with Gasteiger partial charge in [0, 0.05) is 32.7 Å². The van der Waals surface area contributed by atoms with Crippen LogP contribution < -0.4 is 0 Å². The molecule has 196 valence electrons. The fourth-order valence-electron chi connectivity index (χ4n) is 6.03. The average Bonchev–Trinajstić information content (AvgIpc) is 3.63. The van der Waals surface area contributed by atoms with Crippen LogP contribution in [0, 0.1) is 0 Å². The Balaban J connectivity index is 1.22. The van der Waals surface area contributed by atoms with Gasteiger partial charge in [-0.3, -0.25) is 0 Å². The first-order valence-corrected chi connectivity index (χ1v) is 14.0. The van der Waals surface area contributed by atoms with Gasteiger partial charge in [0.1, 0.15) is 28.0 Å². The molecule has 0 spiro atoms. The van der Waals surface area contributed by atoms with Gasteiger partial charge in [-0.15, -0.1) is 0 Å². The number of benzene rings is 6. The molecule has 0 aliphatic heterocycles. The van der Waals surface area contributed by atoms with Crippen LogP contribution in [0.3, 0.4) is 0 Å². The van der Waals surface area contributed by atoms with Crippen LogP contribution in [0.5, 0.6) is 0 Å². The van der Waals surface area contributed by atoms with Gasteiger partial charge in [0.05, 0.1) is 0 Å². The summed E-state index contributed by atoms with van der Waals surface area (Å²) >= 11 is 0. The van der Waals surface area contributed by atoms with Crippen molar-refractivity contribution in [3.63, 3.8) is 0 Å². The van der Waals surface area contributed by atoms with E-state index < -0.39 is 0 Å². The van der Waals surface area contributed by atoms with Gasteiger partial charge in [-0.05, 0) is 52.9 Å². The Morgan fingerprint density at radius 3 is 2.05 bits per heavy atom. The van der Waals surface area contributed by atoms with Crippen molar-refractivity contribution in [2.45, 2.75) is 0 Å². The van der Waals surface area contributed by atoms with E-state index in [0.29, 0.717) is 11.4 Å². The molecule has 42 heavy (non-hydrogen) atoms. The molecular weight excluding hydrogens is 516 g/mol. The summed E-state index contributed by atoms with van der Waals surface area (Å²) < 4.78 is 12.6. The lowest BCUT2D eigenvalue weighted by Crippen LogP contribution is -1.94. The Kier molecular flexibility index (Phi) is 4.87. The highest BCUT2D eigenvalue weighted by atomic mass is 16.3. The number of fused-ring (bicyclic) bond motifs is 8. The van der Waals surface area contributed by atoms with Crippen LogP contribution in [0.15, 0.2) is 142 Å². The van der Waals surface area contributed by atoms with Gasteiger partial charge in [-0.25, -0.2) is 9.97 Å². The molecule has 3 aromatic heterocycles. The van der Waals surface area contributed by atoms with Crippen molar-refractivity contribution in [2.24, 2.45) is 0 Å². The molecule has 0 aliphatic rings. The molecule has 4 nitrogen and oxygen atoms in total. The molecule has 9 rings (SSSR count). The number of para-hydroxylation sites is 1. The van der Waals surface area contributed by atoms with Crippen molar-refractivity contribution < 1.29 is 8.83 Å². The topological polar surface area (TPSA) is 52.1 Å². The van der Waals surface area contributed by atoms with Crippen molar-refractivity contribution in [1.82, 2.24) is 9.97 Å². The zero-order valence-electron chi connectivity index (χ0n) is 22.4. The maximum Gasteiger partial charge on any atom is 0.180 e. The van der Waals surface area contributed by atoms with Gasteiger partial charge in [0.2, 0.25) is 0 Å². The third kappa shape index (κ3) is 3.49. The number of hydrogen-bond donors (Lipinski definition) is 0. The number of aromatic nitrogens is 2. The summed E-state index contributed by atoms with van der Waals surface area (Å²) in [4.78, 5) is 10.1. The van der Waals surface area contributed by atoms with E-state index in [-0.39, 0.29) is 0 Å². The number of hydrogen-bond acceptors (Lipinski definition) is 4. The van der Waals surface area contributed by atoms with Crippen molar-refractivity contribution in [3.05, 3.63) is 133 Å². The van der Waals surface area contributed by atoms with Crippen LogP contribution in [0.1, 0.15) is 0 Å². The Morgan fingerprint density at radius 2 is 1.12 bits per heavy atom. The van der Waals surface area contributed by atoms with Crippen molar-refractivity contribution in [1.29, 1.82) is 0 Å². The summed E-state index contributed by atoms with van der Waals surface area (Å²) in [5.74, 6) is 0.663. The maximum atomic E-state index is 6.34. The van der Waals surface area contributed by atoms with Gasteiger partial charge >= 0.3 is 0 Å². The summed E-state index contributed by atoms with van der Waals surface area (Å²) in [6.45, 7) is 0. The minimum atomic E-state index is 0.663. The molecule has 0 unspecified atom stereocenters. The van der Waals surface area contributed by atoms with E-state index in [9.17, 15) is 0 Å². The fraction of sp³-hybridized carbons (Fsp3) is 0. The highest BCUT2D eigenvalue weighted by molar-refractivity contribution is 6.15. The molecule has 4 heteroatoms. The lowest BCUT2D eigenvalue weighted by Gasteiger charge is -2.08. The first-order valence-electron chi connectivity index (χ1n) is 14.0. The predicted molar refractivity (Wildman–Crippen MR) is 170 cm³/mol. The Labute approximate surface area is 240 Å². The van der Waals surface area contributed by atoms with E-state index in [1.165, 1.54) is 5.39 Å². The molecule has 9 aromatic rings. The van der Waals surface area contributed by atoms with Crippen LogP contribution in [-0.2, 0) is 0 Å². The van der Waals surface area contributed by atoms with E-state index in [2.05, 4.69) is 97.1 Å².